The number of rotatable bonds is 5. The van der Waals surface area contributed by atoms with E-state index in [0.717, 1.165) is 34.1 Å². The maximum atomic E-state index is 13.1. The highest BCUT2D eigenvalue weighted by molar-refractivity contribution is 7.14. The second-order valence-corrected chi connectivity index (χ2v) is 8.42. The molecule has 9 heteroatoms. The molecule has 0 spiro atoms. The number of aromatic nitrogens is 3. The van der Waals surface area contributed by atoms with Gasteiger partial charge in [0, 0.05) is 23.9 Å². The lowest BCUT2D eigenvalue weighted by Gasteiger charge is -2.34. The first kappa shape index (κ1) is 20.2. The molecule has 1 saturated heterocycles. The van der Waals surface area contributed by atoms with E-state index in [4.69, 9.17) is 4.52 Å². The summed E-state index contributed by atoms with van der Waals surface area (Å²) in [5.41, 5.74) is 2.28. The Morgan fingerprint density at radius 1 is 1.27 bits per heavy atom. The molecule has 0 saturated carbocycles. The van der Waals surface area contributed by atoms with Gasteiger partial charge in [0.05, 0.1) is 5.69 Å². The summed E-state index contributed by atoms with van der Waals surface area (Å²) < 4.78 is 5.20. The summed E-state index contributed by atoms with van der Waals surface area (Å²) in [6.45, 7) is 4.36. The number of nitrogens with one attached hydrogen (secondary N) is 1. The van der Waals surface area contributed by atoms with Crippen LogP contribution in [-0.2, 0) is 11.2 Å². The molecule has 1 fully saturated rings. The Bertz CT molecular complexity index is 1060. The molecule has 3 aromatic rings. The first-order valence-electron chi connectivity index (χ1n) is 10.0. The molecule has 1 aromatic carbocycles. The smallest absolute Gasteiger partial charge is 0.293 e. The summed E-state index contributed by atoms with van der Waals surface area (Å²) in [4.78, 5) is 27.6. The third-order valence-corrected chi connectivity index (χ3v) is 5.99. The number of carbonyl (C=O) groups is 2. The Morgan fingerprint density at radius 2 is 2.13 bits per heavy atom. The Morgan fingerprint density at radius 3 is 2.87 bits per heavy atom. The van der Waals surface area contributed by atoms with Crippen LogP contribution in [0.1, 0.15) is 47.4 Å². The standard InChI is InChI=1S/C21H23N5O3S/c1-3-15-12-18(29-25-15)21(28)26-10-5-4-9-17(26)19(27)22-16-8-6-7-14(11-16)20-24-23-13(2)30-20/h6-8,11-12,17H,3-5,9-10H2,1-2H3,(H,22,27). The van der Waals surface area contributed by atoms with Gasteiger partial charge in [0.2, 0.25) is 11.7 Å². The first-order chi connectivity index (χ1) is 14.5. The van der Waals surface area contributed by atoms with E-state index in [1.165, 1.54) is 11.3 Å². The number of aryl methyl sites for hydroxylation is 2. The lowest BCUT2D eigenvalue weighted by Crippen LogP contribution is -2.49. The van der Waals surface area contributed by atoms with Crippen LogP contribution in [0.25, 0.3) is 10.6 Å². The summed E-state index contributed by atoms with van der Waals surface area (Å²) >= 11 is 1.50. The lowest BCUT2D eigenvalue weighted by molar-refractivity contribution is -0.121. The Hall–Kier alpha value is -3.07. The third-order valence-electron chi connectivity index (χ3n) is 5.10. The number of benzene rings is 1. The Kier molecular flexibility index (Phi) is 5.89. The highest BCUT2D eigenvalue weighted by Crippen LogP contribution is 2.26. The molecule has 30 heavy (non-hydrogen) atoms. The summed E-state index contributed by atoms with van der Waals surface area (Å²) in [5.74, 6) is -0.316. The van der Waals surface area contributed by atoms with Crippen molar-refractivity contribution in [3.05, 3.63) is 46.8 Å². The van der Waals surface area contributed by atoms with Gasteiger partial charge < -0.3 is 14.7 Å². The van der Waals surface area contributed by atoms with Gasteiger partial charge in [0.25, 0.3) is 5.91 Å². The predicted octanol–water partition coefficient (Wildman–Crippen LogP) is 3.70. The molecule has 1 atom stereocenters. The van der Waals surface area contributed by atoms with Crippen molar-refractivity contribution in [1.29, 1.82) is 0 Å². The zero-order chi connectivity index (χ0) is 21.1. The van der Waals surface area contributed by atoms with Crippen LogP contribution < -0.4 is 5.32 Å². The monoisotopic (exact) mass is 425 g/mol. The minimum atomic E-state index is -0.547. The SMILES string of the molecule is CCc1cc(C(=O)N2CCCCC2C(=O)Nc2cccc(-c3nnc(C)s3)c2)on1. The minimum absolute atomic E-state index is 0.181. The van der Waals surface area contributed by atoms with E-state index in [1.807, 2.05) is 38.1 Å². The van der Waals surface area contributed by atoms with Crippen molar-refractivity contribution in [3.63, 3.8) is 0 Å². The normalized spacial score (nSPS) is 16.5. The molecule has 3 heterocycles. The molecule has 8 nitrogen and oxygen atoms in total. The summed E-state index contributed by atoms with van der Waals surface area (Å²) in [7, 11) is 0. The van der Waals surface area contributed by atoms with Gasteiger partial charge in [-0.25, -0.2) is 0 Å². The van der Waals surface area contributed by atoms with Crippen LogP contribution >= 0.6 is 11.3 Å². The first-order valence-corrected chi connectivity index (χ1v) is 10.8. The molecule has 1 aliphatic rings. The van der Waals surface area contributed by atoms with Gasteiger partial charge in [-0.15, -0.1) is 10.2 Å². The fourth-order valence-corrected chi connectivity index (χ4v) is 4.22. The molecule has 156 valence electrons. The number of anilines is 1. The molecule has 0 radical (unpaired) electrons. The number of likely N-dealkylation sites (tertiary alicyclic amines) is 1. The van der Waals surface area contributed by atoms with Gasteiger partial charge in [-0.1, -0.05) is 35.5 Å². The fourth-order valence-electron chi connectivity index (χ4n) is 3.54. The van der Waals surface area contributed by atoms with E-state index in [-0.39, 0.29) is 17.6 Å². The molecule has 0 aliphatic carbocycles. The fraction of sp³-hybridized carbons (Fsp3) is 0.381. The molecule has 0 bridgehead atoms. The molecule has 1 aliphatic heterocycles. The van der Waals surface area contributed by atoms with E-state index >= 15 is 0 Å². The second-order valence-electron chi connectivity index (χ2n) is 7.24. The van der Waals surface area contributed by atoms with Crippen LogP contribution in [0, 0.1) is 6.92 Å². The van der Waals surface area contributed by atoms with Crippen molar-refractivity contribution in [2.45, 2.75) is 45.6 Å². The van der Waals surface area contributed by atoms with Crippen LogP contribution in [-0.4, -0.2) is 44.7 Å². The summed E-state index contributed by atoms with van der Waals surface area (Å²) in [6.07, 6.45) is 3.05. The topological polar surface area (TPSA) is 101 Å². The van der Waals surface area contributed by atoms with Crippen LogP contribution in [0.15, 0.2) is 34.9 Å². The predicted molar refractivity (Wildman–Crippen MR) is 113 cm³/mol. The molecular weight excluding hydrogens is 402 g/mol. The van der Waals surface area contributed by atoms with Gasteiger partial charge in [0.1, 0.15) is 16.1 Å². The quantitative estimate of drug-likeness (QED) is 0.669. The van der Waals surface area contributed by atoms with Crippen molar-refractivity contribution in [2.75, 3.05) is 11.9 Å². The maximum Gasteiger partial charge on any atom is 0.293 e. The van der Waals surface area contributed by atoms with Crippen LogP contribution in [0.5, 0.6) is 0 Å². The van der Waals surface area contributed by atoms with Crippen molar-refractivity contribution in [1.82, 2.24) is 20.3 Å². The van der Waals surface area contributed by atoms with E-state index in [0.29, 0.717) is 25.1 Å². The third kappa shape index (κ3) is 4.25. The molecule has 1 unspecified atom stereocenters. The zero-order valence-electron chi connectivity index (χ0n) is 16.9. The summed E-state index contributed by atoms with van der Waals surface area (Å²) in [6, 6.07) is 8.60. The van der Waals surface area contributed by atoms with Gasteiger partial charge >= 0.3 is 0 Å². The number of carbonyl (C=O) groups excluding carboxylic acids is 2. The Labute approximate surface area is 178 Å². The van der Waals surface area contributed by atoms with Gasteiger partial charge in [0.15, 0.2) is 0 Å². The van der Waals surface area contributed by atoms with Crippen molar-refractivity contribution in [2.24, 2.45) is 0 Å². The van der Waals surface area contributed by atoms with Crippen molar-refractivity contribution < 1.29 is 14.1 Å². The highest BCUT2D eigenvalue weighted by Gasteiger charge is 2.34. The Balaban J connectivity index is 1.50. The highest BCUT2D eigenvalue weighted by atomic mass is 32.1. The van der Waals surface area contributed by atoms with E-state index in [1.54, 1.807) is 11.0 Å². The van der Waals surface area contributed by atoms with Gasteiger partial charge in [-0.2, -0.15) is 0 Å². The second kappa shape index (κ2) is 8.74. The van der Waals surface area contributed by atoms with Gasteiger partial charge in [-0.3, -0.25) is 9.59 Å². The maximum absolute atomic E-state index is 13.1. The van der Waals surface area contributed by atoms with Crippen LogP contribution in [0.4, 0.5) is 5.69 Å². The van der Waals surface area contributed by atoms with Crippen LogP contribution in [0.3, 0.4) is 0 Å². The molecule has 4 rings (SSSR count). The lowest BCUT2D eigenvalue weighted by atomic mass is 10.0. The average Bonchev–Trinajstić information content (AvgIpc) is 3.42. The van der Waals surface area contributed by atoms with E-state index in [2.05, 4.69) is 20.7 Å². The number of nitrogens with zero attached hydrogens (tertiary/aromatic N) is 4. The number of piperidine rings is 1. The molecular formula is C21H23N5O3S. The number of hydrogen-bond acceptors (Lipinski definition) is 7. The number of hydrogen-bond donors (Lipinski definition) is 1. The summed E-state index contributed by atoms with van der Waals surface area (Å²) in [5, 5.41) is 16.7. The van der Waals surface area contributed by atoms with E-state index < -0.39 is 6.04 Å². The van der Waals surface area contributed by atoms with Crippen molar-refractivity contribution in [3.8, 4) is 10.6 Å². The molecule has 2 amide bonds. The number of amides is 2. The molecule has 1 N–H and O–H groups in total. The van der Waals surface area contributed by atoms with Gasteiger partial charge in [-0.05, 0) is 44.7 Å². The molecule has 2 aromatic heterocycles. The van der Waals surface area contributed by atoms with Crippen molar-refractivity contribution >= 4 is 28.8 Å². The van der Waals surface area contributed by atoms with Crippen LogP contribution in [0.2, 0.25) is 0 Å². The average molecular weight is 426 g/mol. The zero-order valence-corrected chi connectivity index (χ0v) is 17.7. The largest absolute Gasteiger partial charge is 0.351 e. The minimum Gasteiger partial charge on any atom is -0.351 e. The van der Waals surface area contributed by atoms with E-state index in [9.17, 15) is 9.59 Å².